The van der Waals surface area contributed by atoms with Gasteiger partial charge in [-0.25, -0.2) is 4.79 Å². The molecular formula is C18H28O6. The van der Waals surface area contributed by atoms with Crippen LogP contribution in [0.5, 0.6) is 0 Å². The van der Waals surface area contributed by atoms with Crippen molar-refractivity contribution >= 4 is 5.97 Å². The van der Waals surface area contributed by atoms with E-state index in [1.54, 1.807) is 0 Å². The summed E-state index contributed by atoms with van der Waals surface area (Å²) in [6.45, 7) is 1.03. The lowest BCUT2D eigenvalue weighted by Gasteiger charge is -2.31. The summed E-state index contributed by atoms with van der Waals surface area (Å²) < 4.78 is 29.0. The third-order valence-electron chi connectivity index (χ3n) is 5.67. The van der Waals surface area contributed by atoms with Gasteiger partial charge in [0.15, 0.2) is 17.7 Å². The quantitative estimate of drug-likeness (QED) is 0.736. The average molecular weight is 340 g/mol. The van der Waals surface area contributed by atoms with Crippen LogP contribution in [0.25, 0.3) is 0 Å². The topological polar surface area (TPSA) is 63.2 Å². The fraction of sp³-hybridized carbons (Fsp3) is 0.944. The van der Waals surface area contributed by atoms with E-state index in [2.05, 4.69) is 0 Å². The first-order valence-electron chi connectivity index (χ1n) is 9.49. The minimum atomic E-state index is -0.603. The van der Waals surface area contributed by atoms with E-state index < -0.39 is 17.7 Å². The van der Waals surface area contributed by atoms with Crippen LogP contribution in [0.15, 0.2) is 0 Å². The molecule has 0 aromatic rings. The molecule has 0 radical (unpaired) electrons. The van der Waals surface area contributed by atoms with E-state index in [9.17, 15) is 4.79 Å². The Morgan fingerprint density at radius 1 is 0.833 bits per heavy atom. The Kier molecular flexibility index (Phi) is 4.82. The number of hydrogen-bond donors (Lipinski definition) is 0. The van der Waals surface area contributed by atoms with Crippen LogP contribution in [0.1, 0.15) is 64.2 Å². The highest BCUT2D eigenvalue weighted by atomic mass is 16.8. The van der Waals surface area contributed by atoms with E-state index >= 15 is 0 Å². The summed E-state index contributed by atoms with van der Waals surface area (Å²) in [7, 11) is 0. The Balaban J connectivity index is 1.23. The van der Waals surface area contributed by atoms with Crippen LogP contribution in [0.4, 0.5) is 0 Å². The molecule has 4 fully saturated rings. The van der Waals surface area contributed by atoms with E-state index in [-0.39, 0.29) is 18.7 Å². The largest absolute Gasteiger partial charge is 0.461 e. The van der Waals surface area contributed by atoms with Gasteiger partial charge in [-0.1, -0.05) is 12.8 Å². The monoisotopic (exact) mass is 340 g/mol. The first-order valence-corrected chi connectivity index (χ1v) is 9.49. The zero-order valence-corrected chi connectivity index (χ0v) is 14.3. The Bertz CT molecular complexity index is 452. The first-order chi connectivity index (χ1) is 11.7. The molecule has 2 aliphatic carbocycles. The highest BCUT2D eigenvalue weighted by Crippen LogP contribution is 2.39. The Morgan fingerprint density at radius 2 is 1.42 bits per heavy atom. The highest BCUT2D eigenvalue weighted by Gasteiger charge is 2.46. The maximum absolute atomic E-state index is 12.3. The molecule has 0 N–H and O–H groups in total. The molecular weight excluding hydrogens is 312 g/mol. The lowest BCUT2D eigenvalue weighted by atomic mass is 9.94. The van der Waals surface area contributed by atoms with Crippen molar-refractivity contribution in [1.82, 2.24) is 0 Å². The van der Waals surface area contributed by atoms with Gasteiger partial charge in [0.1, 0.15) is 12.7 Å². The molecule has 2 aliphatic heterocycles. The molecule has 0 aromatic heterocycles. The Morgan fingerprint density at radius 3 is 2.08 bits per heavy atom. The molecule has 136 valence electrons. The second-order valence-corrected chi connectivity index (χ2v) is 7.54. The second kappa shape index (κ2) is 6.90. The van der Waals surface area contributed by atoms with Crippen LogP contribution in [-0.2, 0) is 28.5 Å². The second-order valence-electron chi connectivity index (χ2n) is 7.54. The van der Waals surface area contributed by atoms with Gasteiger partial charge in [0.2, 0.25) is 0 Å². The predicted octanol–water partition coefficient (Wildman–Crippen LogP) is 2.68. The minimum absolute atomic E-state index is 0.169. The van der Waals surface area contributed by atoms with Gasteiger partial charge in [0, 0.05) is 25.7 Å². The highest BCUT2D eigenvalue weighted by molar-refractivity contribution is 5.75. The third-order valence-corrected chi connectivity index (χ3v) is 5.67. The summed E-state index contributed by atoms with van der Waals surface area (Å²) >= 11 is 0. The molecule has 24 heavy (non-hydrogen) atoms. The molecule has 4 aliphatic rings. The summed E-state index contributed by atoms with van der Waals surface area (Å²) in [5.41, 5.74) is 0. The number of carbonyl (C=O) groups excluding carboxylic acids is 1. The number of hydrogen-bond acceptors (Lipinski definition) is 6. The smallest absolute Gasteiger partial charge is 0.337 e. The van der Waals surface area contributed by atoms with Crippen molar-refractivity contribution in [2.75, 3.05) is 19.8 Å². The van der Waals surface area contributed by atoms with Gasteiger partial charge < -0.3 is 23.7 Å². The lowest BCUT2D eigenvalue weighted by molar-refractivity contribution is -0.201. The van der Waals surface area contributed by atoms with E-state index in [1.165, 1.54) is 12.8 Å². The predicted molar refractivity (Wildman–Crippen MR) is 84.2 cm³/mol. The molecule has 2 saturated heterocycles. The van der Waals surface area contributed by atoms with Crippen LogP contribution in [0, 0.1) is 0 Å². The van der Waals surface area contributed by atoms with Crippen molar-refractivity contribution in [2.24, 2.45) is 0 Å². The molecule has 2 saturated carbocycles. The van der Waals surface area contributed by atoms with E-state index in [4.69, 9.17) is 23.7 Å². The SMILES string of the molecule is O=C(OCC1COC2(CCCCC2)O1)C1COC2(CCCCC2)O1. The van der Waals surface area contributed by atoms with Crippen molar-refractivity contribution in [1.29, 1.82) is 0 Å². The normalized spacial score (nSPS) is 34.7. The maximum atomic E-state index is 12.3. The zero-order chi connectivity index (χ0) is 16.5. The molecule has 6 heteroatoms. The zero-order valence-electron chi connectivity index (χ0n) is 14.3. The molecule has 0 aromatic carbocycles. The summed E-state index contributed by atoms with van der Waals surface area (Å²) in [5, 5.41) is 0. The lowest BCUT2D eigenvalue weighted by Crippen LogP contribution is -2.36. The van der Waals surface area contributed by atoms with E-state index in [0.717, 1.165) is 51.4 Å². The van der Waals surface area contributed by atoms with Gasteiger partial charge in [-0.15, -0.1) is 0 Å². The molecule has 2 unspecified atom stereocenters. The number of carbonyl (C=O) groups is 1. The summed E-state index contributed by atoms with van der Waals surface area (Å²) in [4.78, 5) is 12.3. The summed E-state index contributed by atoms with van der Waals surface area (Å²) in [6.07, 6.45) is 9.79. The average Bonchev–Trinajstić information content (AvgIpc) is 3.19. The molecule has 2 atom stereocenters. The van der Waals surface area contributed by atoms with Crippen molar-refractivity contribution in [3.63, 3.8) is 0 Å². The third kappa shape index (κ3) is 3.47. The molecule has 4 rings (SSSR count). The number of esters is 1. The standard InChI is InChI=1S/C18H28O6/c19-16(15-13-22-18(24-15)9-5-2-6-10-18)20-11-14-12-21-17(23-14)7-3-1-4-8-17/h14-15H,1-13H2. The van der Waals surface area contributed by atoms with Crippen LogP contribution in [-0.4, -0.2) is 49.6 Å². The molecule has 2 heterocycles. The van der Waals surface area contributed by atoms with Gasteiger partial charge in [-0.3, -0.25) is 0 Å². The van der Waals surface area contributed by atoms with Crippen molar-refractivity contribution in [3.8, 4) is 0 Å². The maximum Gasteiger partial charge on any atom is 0.337 e. The van der Waals surface area contributed by atoms with Crippen molar-refractivity contribution < 1.29 is 28.5 Å². The molecule has 0 amide bonds. The van der Waals surface area contributed by atoms with Crippen LogP contribution in [0.2, 0.25) is 0 Å². The van der Waals surface area contributed by atoms with E-state index in [1.807, 2.05) is 0 Å². The van der Waals surface area contributed by atoms with Crippen molar-refractivity contribution in [3.05, 3.63) is 0 Å². The Labute approximate surface area is 143 Å². The molecule has 0 bridgehead atoms. The van der Waals surface area contributed by atoms with Gasteiger partial charge >= 0.3 is 5.97 Å². The van der Waals surface area contributed by atoms with E-state index in [0.29, 0.717) is 13.2 Å². The molecule has 6 nitrogen and oxygen atoms in total. The first kappa shape index (κ1) is 16.8. The van der Waals surface area contributed by atoms with Gasteiger partial charge in [0.25, 0.3) is 0 Å². The summed E-state index contributed by atoms with van der Waals surface area (Å²) in [6, 6.07) is 0. The Hall–Kier alpha value is -0.690. The van der Waals surface area contributed by atoms with Gasteiger partial charge in [-0.05, 0) is 25.7 Å². The number of ether oxygens (including phenoxy) is 5. The number of rotatable bonds is 3. The van der Waals surface area contributed by atoms with Crippen LogP contribution < -0.4 is 0 Å². The fourth-order valence-corrected chi connectivity index (χ4v) is 4.34. The molecule has 2 spiro atoms. The van der Waals surface area contributed by atoms with Crippen molar-refractivity contribution in [2.45, 2.75) is 88.0 Å². The van der Waals surface area contributed by atoms with Gasteiger partial charge in [0.05, 0.1) is 13.2 Å². The van der Waals surface area contributed by atoms with Gasteiger partial charge in [-0.2, -0.15) is 0 Å². The summed E-state index contributed by atoms with van der Waals surface area (Å²) in [5.74, 6) is -1.30. The van der Waals surface area contributed by atoms with Crippen LogP contribution >= 0.6 is 0 Å². The minimum Gasteiger partial charge on any atom is -0.461 e. The van der Waals surface area contributed by atoms with Crippen LogP contribution in [0.3, 0.4) is 0 Å². The fourth-order valence-electron chi connectivity index (χ4n) is 4.34.